The first-order chi connectivity index (χ1) is 10.0. The predicted octanol–water partition coefficient (Wildman–Crippen LogP) is 2.82. The zero-order valence-electron chi connectivity index (χ0n) is 11.6. The summed E-state index contributed by atoms with van der Waals surface area (Å²) in [6.45, 7) is 0.438. The number of hydrogen-bond acceptors (Lipinski definition) is 3. The molecule has 1 aromatic rings. The monoisotopic (exact) mass is 312 g/mol. The lowest BCUT2D eigenvalue weighted by molar-refractivity contribution is -0.143. The zero-order chi connectivity index (χ0) is 15.4. The second-order valence-corrected chi connectivity index (χ2v) is 5.23. The third-order valence-corrected chi connectivity index (χ3v) is 3.76. The van der Waals surface area contributed by atoms with Crippen molar-refractivity contribution in [2.75, 3.05) is 19.0 Å². The van der Waals surface area contributed by atoms with Gasteiger partial charge in [0.15, 0.2) is 0 Å². The molecule has 1 atom stereocenters. The van der Waals surface area contributed by atoms with Crippen LogP contribution >= 0.6 is 11.6 Å². The van der Waals surface area contributed by atoms with Gasteiger partial charge in [0.1, 0.15) is 11.8 Å². The van der Waals surface area contributed by atoms with Crippen LogP contribution in [0.2, 0.25) is 5.02 Å². The number of nitrogens with zero attached hydrogens (tertiary/aromatic N) is 1. The van der Waals surface area contributed by atoms with Crippen LogP contribution in [-0.2, 0) is 4.79 Å². The van der Waals surface area contributed by atoms with Crippen molar-refractivity contribution in [1.82, 2.24) is 4.90 Å². The number of hydrogen-bond donors (Lipinski definition) is 2. The summed E-state index contributed by atoms with van der Waals surface area (Å²) in [6, 6.07) is 3.66. The van der Waals surface area contributed by atoms with Crippen LogP contribution in [0.3, 0.4) is 0 Å². The fraction of sp³-hybridized carbons (Fsp3) is 0.429. The molecule has 0 bridgehead atoms. The second-order valence-electron chi connectivity index (χ2n) is 4.82. The van der Waals surface area contributed by atoms with Gasteiger partial charge in [0.2, 0.25) is 0 Å². The molecule has 1 aromatic carbocycles. The fourth-order valence-electron chi connectivity index (χ4n) is 2.36. The maximum absolute atomic E-state index is 12.2. The smallest absolute Gasteiger partial charge is 0.326 e. The first-order valence-corrected chi connectivity index (χ1v) is 7.04. The first-order valence-electron chi connectivity index (χ1n) is 6.67. The fourth-order valence-corrected chi connectivity index (χ4v) is 2.56. The van der Waals surface area contributed by atoms with Gasteiger partial charge in [-0.1, -0.05) is 11.6 Å². The summed E-state index contributed by atoms with van der Waals surface area (Å²) in [5, 5.41) is 12.3. The molecule has 1 aliphatic rings. The molecule has 1 heterocycles. The van der Waals surface area contributed by atoms with E-state index < -0.39 is 18.0 Å². The van der Waals surface area contributed by atoms with Crippen molar-refractivity contribution in [3.05, 3.63) is 23.2 Å². The maximum Gasteiger partial charge on any atom is 0.326 e. The Balaban J connectivity index is 2.11. The number of halogens is 1. The average molecular weight is 313 g/mol. The van der Waals surface area contributed by atoms with Gasteiger partial charge in [-0.2, -0.15) is 0 Å². The maximum atomic E-state index is 12.2. The Bertz CT molecular complexity index is 550. The van der Waals surface area contributed by atoms with Crippen molar-refractivity contribution in [2.24, 2.45) is 0 Å². The second kappa shape index (κ2) is 6.67. The number of nitrogens with one attached hydrogen (secondary N) is 1. The molecule has 2 N–H and O–H groups in total. The molecule has 114 valence electrons. The van der Waals surface area contributed by atoms with E-state index in [0.29, 0.717) is 29.4 Å². The van der Waals surface area contributed by atoms with E-state index in [4.69, 9.17) is 16.3 Å². The Morgan fingerprint density at radius 3 is 2.86 bits per heavy atom. The van der Waals surface area contributed by atoms with E-state index in [9.17, 15) is 14.7 Å². The number of anilines is 1. The van der Waals surface area contributed by atoms with Crippen LogP contribution < -0.4 is 10.1 Å². The molecule has 21 heavy (non-hydrogen) atoms. The van der Waals surface area contributed by atoms with Gasteiger partial charge in [-0.3, -0.25) is 0 Å². The van der Waals surface area contributed by atoms with Gasteiger partial charge < -0.3 is 20.1 Å². The van der Waals surface area contributed by atoms with Crippen LogP contribution in [0, 0.1) is 0 Å². The van der Waals surface area contributed by atoms with Gasteiger partial charge in [0.05, 0.1) is 12.1 Å². The third-order valence-electron chi connectivity index (χ3n) is 3.45. The van der Waals surface area contributed by atoms with Crippen molar-refractivity contribution >= 4 is 29.3 Å². The highest BCUT2D eigenvalue weighted by Crippen LogP contribution is 2.28. The standard InChI is InChI=1S/C14H17ClN2O4/c1-21-12-8-9(5-6-10(12)15)16-14(20)17-7-3-2-4-11(17)13(18)19/h5-6,8,11H,2-4,7H2,1H3,(H,16,20)(H,18,19). The summed E-state index contributed by atoms with van der Waals surface area (Å²) in [6.07, 6.45) is 2.10. The van der Waals surface area contributed by atoms with Crippen molar-refractivity contribution in [3.8, 4) is 5.75 Å². The van der Waals surface area contributed by atoms with E-state index in [1.165, 1.54) is 12.0 Å². The summed E-state index contributed by atoms with van der Waals surface area (Å²) in [5.41, 5.74) is 0.510. The quantitative estimate of drug-likeness (QED) is 0.899. The molecular formula is C14H17ClN2O4. The van der Waals surface area contributed by atoms with Gasteiger partial charge in [-0.15, -0.1) is 0 Å². The van der Waals surface area contributed by atoms with E-state index in [1.807, 2.05) is 0 Å². The molecule has 1 fully saturated rings. The minimum atomic E-state index is -0.974. The van der Waals surface area contributed by atoms with Crippen LogP contribution in [-0.4, -0.2) is 41.7 Å². The Labute approximate surface area is 127 Å². The van der Waals surface area contributed by atoms with Crippen molar-refractivity contribution in [3.63, 3.8) is 0 Å². The lowest BCUT2D eigenvalue weighted by Crippen LogP contribution is -2.49. The van der Waals surface area contributed by atoms with Gasteiger partial charge in [0, 0.05) is 18.3 Å². The number of benzene rings is 1. The highest BCUT2D eigenvalue weighted by atomic mass is 35.5. The van der Waals surface area contributed by atoms with E-state index in [2.05, 4.69) is 5.32 Å². The van der Waals surface area contributed by atoms with Gasteiger partial charge in [-0.05, 0) is 31.4 Å². The van der Waals surface area contributed by atoms with Crippen LogP contribution in [0.25, 0.3) is 0 Å². The summed E-state index contributed by atoms with van der Waals surface area (Å²) < 4.78 is 5.08. The highest BCUT2D eigenvalue weighted by Gasteiger charge is 2.31. The molecule has 1 aliphatic heterocycles. The average Bonchev–Trinajstić information content (AvgIpc) is 2.49. The Hall–Kier alpha value is -1.95. The third kappa shape index (κ3) is 3.58. The number of urea groups is 1. The molecule has 0 spiro atoms. The van der Waals surface area contributed by atoms with Crippen molar-refractivity contribution < 1.29 is 19.4 Å². The molecule has 0 aromatic heterocycles. The molecule has 6 nitrogen and oxygen atoms in total. The number of aliphatic carboxylic acids is 1. The molecule has 0 radical (unpaired) electrons. The molecule has 2 rings (SSSR count). The van der Waals surface area contributed by atoms with Gasteiger partial charge in [0.25, 0.3) is 0 Å². The first kappa shape index (κ1) is 15.4. The number of carbonyl (C=O) groups excluding carboxylic acids is 1. The van der Waals surface area contributed by atoms with E-state index in [1.54, 1.807) is 18.2 Å². The number of carboxylic acids is 1. The lowest BCUT2D eigenvalue weighted by atomic mass is 10.0. The Morgan fingerprint density at radius 1 is 1.43 bits per heavy atom. The van der Waals surface area contributed by atoms with E-state index in [0.717, 1.165) is 12.8 Å². The van der Waals surface area contributed by atoms with E-state index in [-0.39, 0.29) is 0 Å². The molecule has 1 unspecified atom stereocenters. The normalized spacial score (nSPS) is 18.2. The molecule has 1 saturated heterocycles. The minimum Gasteiger partial charge on any atom is -0.495 e. The number of carboxylic acid groups (broad SMARTS) is 1. The number of amides is 2. The van der Waals surface area contributed by atoms with Gasteiger partial charge >= 0.3 is 12.0 Å². The number of rotatable bonds is 3. The Kier molecular flexibility index (Phi) is 4.90. The SMILES string of the molecule is COc1cc(NC(=O)N2CCCCC2C(=O)O)ccc1Cl. The summed E-state index contributed by atoms with van der Waals surface area (Å²) in [7, 11) is 1.48. The lowest BCUT2D eigenvalue weighted by Gasteiger charge is -2.32. The number of likely N-dealkylation sites (tertiary alicyclic amines) is 1. The van der Waals surface area contributed by atoms with Crippen LogP contribution in [0.4, 0.5) is 10.5 Å². The largest absolute Gasteiger partial charge is 0.495 e. The van der Waals surface area contributed by atoms with Gasteiger partial charge in [-0.25, -0.2) is 9.59 Å². The number of methoxy groups -OCH3 is 1. The summed E-state index contributed by atoms with van der Waals surface area (Å²) in [4.78, 5) is 24.8. The molecule has 2 amide bonds. The molecule has 7 heteroatoms. The number of carbonyl (C=O) groups is 2. The van der Waals surface area contributed by atoms with Crippen LogP contribution in [0.15, 0.2) is 18.2 Å². The zero-order valence-corrected chi connectivity index (χ0v) is 12.4. The number of ether oxygens (including phenoxy) is 1. The molecule has 0 saturated carbocycles. The summed E-state index contributed by atoms with van der Waals surface area (Å²) >= 11 is 5.92. The van der Waals surface area contributed by atoms with Crippen LogP contribution in [0.5, 0.6) is 5.75 Å². The van der Waals surface area contributed by atoms with Crippen molar-refractivity contribution in [1.29, 1.82) is 0 Å². The van der Waals surface area contributed by atoms with E-state index >= 15 is 0 Å². The highest BCUT2D eigenvalue weighted by molar-refractivity contribution is 6.32. The summed E-state index contributed by atoms with van der Waals surface area (Å²) in [5.74, 6) is -0.526. The number of piperidine rings is 1. The molecular weight excluding hydrogens is 296 g/mol. The van der Waals surface area contributed by atoms with Crippen LogP contribution in [0.1, 0.15) is 19.3 Å². The predicted molar refractivity (Wildman–Crippen MR) is 79.0 cm³/mol. The molecule has 0 aliphatic carbocycles. The minimum absolute atomic E-state index is 0.425. The van der Waals surface area contributed by atoms with Crippen molar-refractivity contribution in [2.45, 2.75) is 25.3 Å². The topological polar surface area (TPSA) is 78.9 Å². The Morgan fingerprint density at radius 2 is 2.19 bits per heavy atom.